The van der Waals surface area contributed by atoms with E-state index < -0.39 is 0 Å². The molecule has 6 nitrogen and oxygen atoms in total. The first-order chi connectivity index (χ1) is 12.7. The number of likely N-dealkylation sites (tertiary alicyclic amines) is 1. The fourth-order valence-corrected chi connectivity index (χ4v) is 4.80. The van der Waals surface area contributed by atoms with E-state index in [1.54, 1.807) is 5.51 Å². The summed E-state index contributed by atoms with van der Waals surface area (Å²) in [7, 11) is 0. The number of ether oxygens (including phenoxy) is 1. The predicted octanol–water partition coefficient (Wildman–Crippen LogP) is 3.16. The Morgan fingerprint density at radius 3 is 2.67 bits per heavy atom. The molecule has 1 unspecified atom stereocenters. The normalized spacial score (nSPS) is 22.7. The van der Waals surface area contributed by atoms with E-state index in [1.165, 1.54) is 11.3 Å². The molecule has 2 amide bonds. The van der Waals surface area contributed by atoms with Crippen molar-refractivity contribution < 1.29 is 14.3 Å². The summed E-state index contributed by atoms with van der Waals surface area (Å²) < 4.78 is 6.16. The molecule has 1 aromatic rings. The van der Waals surface area contributed by atoms with Gasteiger partial charge in [-0.2, -0.15) is 0 Å². The maximum Gasteiger partial charge on any atom is 0.265 e. The largest absolute Gasteiger partial charge is 0.375 e. The van der Waals surface area contributed by atoms with Crippen molar-refractivity contribution in [3.05, 3.63) is 16.1 Å². The minimum absolute atomic E-state index is 0.00653. The quantitative estimate of drug-likeness (QED) is 0.856. The average molecular weight is 394 g/mol. The predicted molar refractivity (Wildman–Crippen MR) is 106 cm³/mol. The number of nitrogens with zero attached hydrogens (tertiary/aromatic N) is 2. The van der Waals surface area contributed by atoms with Crippen LogP contribution in [0.5, 0.6) is 0 Å². The molecule has 0 aromatic carbocycles. The van der Waals surface area contributed by atoms with Crippen LogP contribution >= 0.6 is 11.3 Å². The number of aryl methyl sites for hydroxylation is 1. The van der Waals surface area contributed by atoms with E-state index in [1.807, 2.05) is 11.8 Å². The van der Waals surface area contributed by atoms with Crippen LogP contribution in [-0.4, -0.2) is 53.0 Å². The van der Waals surface area contributed by atoms with E-state index in [0.717, 1.165) is 36.3 Å². The molecule has 0 radical (unpaired) electrons. The zero-order valence-electron chi connectivity index (χ0n) is 16.8. The van der Waals surface area contributed by atoms with Crippen molar-refractivity contribution in [1.29, 1.82) is 0 Å². The molecule has 3 heterocycles. The van der Waals surface area contributed by atoms with Crippen LogP contribution in [0.4, 0.5) is 0 Å². The maximum absolute atomic E-state index is 12.7. The Morgan fingerprint density at radius 1 is 1.37 bits per heavy atom. The molecule has 0 bridgehead atoms. The first-order valence-electron chi connectivity index (χ1n) is 9.80. The van der Waals surface area contributed by atoms with Crippen molar-refractivity contribution in [3.8, 4) is 0 Å². The zero-order valence-corrected chi connectivity index (χ0v) is 17.7. The van der Waals surface area contributed by atoms with Gasteiger partial charge >= 0.3 is 0 Å². The van der Waals surface area contributed by atoms with Crippen molar-refractivity contribution in [1.82, 2.24) is 15.2 Å². The van der Waals surface area contributed by atoms with Gasteiger partial charge in [0.1, 0.15) is 4.88 Å². The van der Waals surface area contributed by atoms with Crippen LogP contribution in [0.15, 0.2) is 5.51 Å². The molecule has 7 heteroatoms. The first kappa shape index (κ1) is 20.3. The summed E-state index contributed by atoms with van der Waals surface area (Å²) in [6, 6.07) is 0.166. The van der Waals surface area contributed by atoms with Crippen LogP contribution in [0.3, 0.4) is 0 Å². The topological polar surface area (TPSA) is 71.5 Å². The molecule has 27 heavy (non-hydrogen) atoms. The van der Waals surface area contributed by atoms with Gasteiger partial charge in [-0.05, 0) is 38.0 Å². The second-order valence-electron chi connectivity index (χ2n) is 9.09. The monoisotopic (exact) mass is 393 g/mol. The van der Waals surface area contributed by atoms with Gasteiger partial charge in [-0.25, -0.2) is 4.98 Å². The number of carbonyl (C=O) groups is 2. The van der Waals surface area contributed by atoms with Crippen molar-refractivity contribution >= 4 is 23.2 Å². The van der Waals surface area contributed by atoms with Gasteiger partial charge in [0.05, 0.1) is 16.8 Å². The molecule has 1 N–H and O–H groups in total. The number of nitrogens with one attached hydrogen (secondary N) is 1. The van der Waals surface area contributed by atoms with Gasteiger partial charge in [0.15, 0.2) is 0 Å². The molecule has 150 valence electrons. The molecule has 2 aliphatic rings. The molecule has 3 rings (SSSR count). The Morgan fingerprint density at radius 2 is 2.07 bits per heavy atom. The van der Waals surface area contributed by atoms with Crippen LogP contribution in [0.2, 0.25) is 0 Å². The molecule has 1 aromatic heterocycles. The third-order valence-electron chi connectivity index (χ3n) is 5.45. The molecule has 1 atom stereocenters. The van der Waals surface area contributed by atoms with E-state index in [9.17, 15) is 9.59 Å². The summed E-state index contributed by atoms with van der Waals surface area (Å²) in [6.07, 6.45) is 3.88. The summed E-state index contributed by atoms with van der Waals surface area (Å²) in [4.78, 5) is 31.8. The molecular formula is C20H31N3O3S. The van der Waals surface area contributed by atoms with Crippen LogP contribution in [0.1, 0.15) is 68.2 Å². The molecule has 1 spiro atoms. The van der Waals surface area contributed by atoms with Crippen LogP contribution in [0, 0.1) is 12.3 Å². The standard InChI is InChI=1S/C20H31N3O3S/c1-14-17(27-13-21-14)18(25)23-8-6-20(7-9-23)11-15(5-10-26-20)22-16(24)12-19(2,3)4/h13,15H,5-12H2,1-4H3,(H,22,24). The highest BCUT2D eigenvalue weighted by molar-refractivity contribution is 7.11. The molecule has 2 aliphatic heterocycles. The highest BCUT2D eigenvalue weighted by Gasteiger charge is 2.42. The third-order valence-corrected chi connectivity index (χ3v) is 6.37. The molecular weight excluding hydrogens is 362 g/mol. The lowest BCUT2D eigenvalue weighted by molar-refractivity contribution is -0.131. The lowest BCUT2D eigenvalue weighted by atomic mass is 9.82. The van der Waals surface area contributed by atoms with Crippen LogP contribution < -0.4 is 5.32 Å². The number of amides is 2. The second-order valence-corrected chi connectivity index (χ2v) is 9.94. The van der Waals surface area contributed by atoms with Gasteiger partial charge in [0.25, 0.3) is 5.91 Å². The number of hydrogen-bond donors (Lipinski definition) is 1. The van der Waals surface area contributed by atoms with Gasteiger partial charge in [-0.15, -0.1) is 11.3 Å². The number of piperidine rings is 1. The summed E-state index contributed by atoms with van der Waals surface area (Å²) in [5, 5.41) is 3.20. The summed E-state index contributed by atoms with van der Waals surface area (Å²) in [6.45, 7) is 10.2. The minimum Gasteiger partial charge on any atom is -0.375 e. The van der Waals surface area contributed by atoms with E-state index in [0.29, 0.717) is 26.1 Å². The molecule has 2 fully saturated rings. The summed E-state index contributed by atoms with van der Waals surface area (Å²) in [5.41, 5.74) is 2.31. The number of aromatic nitrogens is 1. The number of hydrogen-bond acceptors (Lipinski definition) is 5. The lowest BCUT2D eigenvalue weighted by Crippen LogP contribution is -2.54. The Bertz CT molecular complexity index is 687. The molecule has 0 aliphatic carbocycles. The number of carbonyl (C=O) groups excluding carboxylic acids is 2. The Hall–Kier alpha value is -1.47. The van der Waals surface area contributed by atoms with E-state index >= 15 is 0 Å². The molecule has 0 saturated carbocycles. The van der Waals surface area contributed by atoms with Crippen molar-refractivity contribution in [2.75, 3.05) is 19.7 Å². The van der Waals surface area contributed by atoms with E-state index in [4.69, 9.17) is 4.74 Å². The Balaban J connectivity index is 1.55. The fourth-order valence-electron chi connectivity index (χ4n) is 4.03. The first-order valence-corrected chi connectivity index (χ1v) is 10.7. The van der Waals surface area contributed by atoms with E-state index in [-0.39, 0.29) is 28.9 Å². The summed E-state index contributed by atoms with van der Waals surface area (Å²) >= 11 is 1.41. The van der Waals surface area contributed by atoms with Crippen molar-refractivity contribution in [2.45, 2.75) is 71.4 Å². The zero-order chi connectivity index (χ0) is 19.7. The SMILES string of the molecule is Cc1ncsc1C(=O)N1CCC2(CC1)CC(NC(=O)CC(C)(C)C)CCO2. The average Bonchev–Trinajstić information content (AvgIpc) is 2.99. The minimum atomic E-state index is -0.211. The van der Waals surface area contributed by atoms with Crippen molar-refractivity contribution in [2.24, 2.45) is 5.41 Å². The van der Waals surface area contributed by atoms with Crippen LogP contribution in [0.25, 0.3) is 0 Å². The Kier molecular flexibility index (Phi) is 5.91. The second kappa shape index (κ2) is 7.87. The van der Waals surface area contributed by atoms with Crippen molar-refractivity contribution in [3.63, 3.8) is 0 Å². The fraction of sp³-hybridized carbons (Fsp3) is 0.750. The van der Waals surface area contributed by atoms with Crippen LogP contribution in [-0.2, 0) is 9.53 Å². The van der Waals surface area contributed by atoms with Gasteiger partial charge in [-0.3, -0.25) is 9.59 Å². The van der Waals surface area contributed by atoms with Gasteiger partial charge in [0, 0.05) is 32.2 Å². The molecule has 2 saturated heterocycles. The van der Waals surface area contributed by atoms with Gasteiger partial charge < -0.3 is 15.0 Å². The van der Waals surface area contributed by atoms with Gasteiger partial charge in [0.2, 0.25) is 5.91 Å². The Labute approximate surface area is 165 Å². The van der Waals surface area contributed by atoms with Gasteiger partial charge in [-0.1, -0.05) is 20.8 Å². The lowest BCUT2D eigenvalue weighted by Gasteiger charge is -2.46. The number of rotatable bonds is 3. The van der Waals surface area contributed by atoms with E-state index in [2.05, 4.69) is 31.1 Å². The highest BCUT2D eigenvalue weighted by atomic mass is 32.1. The third kappa shape index (κ3) is 5.08. The number of thiazole rings is 1. The maximum atomic E-state index is 12.7. The summed E-state index contributed by atoms with van der Waals surface area (Å²) in [5.74, 6) is 0.202. The highest BCUT2D eigenvalue weighted by Crippen LogP contribution is 2.36. The smallest absolute Gasteiger partial charge is 0.265 e.